The van der Waals surface area contributed by atoms with E-state index in [1.165, 1.54) is 23.8 Å². The molecule has 0 saturated carbocycles. The summed E-state index contributed by atoms with van der Waals surface area (Å²) in [6, 6.07) is 12.1. The van der Waals surface area contributed by atoms with Crippen LogP contribution in [0.3, 0.4) is 0 Å². The second kappa shape index (κ2) is 7.01. The number of hydrogen-bond donors (Lipinski definition) is 3. The van der Waals surface area contributed by atoms with Crippen molar-refractivity contribution in [3.05, 3.63) is 59.8 Å². The van der Waals surface area contributed by atoms with E-state index in [1.54, 1.807) is 0 Å². The maximum atomic E-state index is 11.6. The molecule has 0 bridgehead atoms. The standard InChI is InChI=1S/C14H13N3O4/c18-13(17-20)11-6-7-12(15-8-11)16-14(19)21-9-10-4-2-1-3-5-10/h1-8,20H,9H2,(H,17,18)(H,15,16,19). The number of carbonyl (C=O) groups excluding carboxylic acids is 2. The molecule has 0 saturated heterocycles. The maximum Gasteiger partial charge on any atom is 0.413 e. The van der Waals surface area contributed by atoms with Gasteiger partial charge < -0.3 is 4.74 Å². The van der Waals surface area contributed by atoms with Crippen molar-refractivity contribution < 1.29 is 19.5 Å². The minimum Gasteiger partial charge on any atom is -0.444 e. The molecule has 108 valence electrons. The topological polar surface area (TPSA) is 101 Å². The van der Waals surface area contributed by atoms with Gasteiger partial charge in [-0.3, -0.25) is 15.3 Å². The van der Waals surface area contributed by atoms with Gasteiger partial charge in [-0.15, -0.1) is 0 Å². The Balaban J connectivity index is 1.86. The lowest BCUT2D eigenvalue weighted by Crippen LogP contribution is -2.19. The number of anilines is 1. The van der Waals surface area contributed by atoms with Crippen molar-refractivity contribution in [2.75, 3.05) is 5.32 Å². The van der Waals surface area contributed by atoms with Crippen LogP contribution in [-0.2, 0) is 11.3 Å². The van der Waals surface area contributed by atoms with Gasteiger partial charge in [0.25, 0.3) is 5.91 Å². The van der Waals surface area contributed by atoms with E-state index in [1.807, 2.05) is 30.3 Å². The third-order valence-corrected chi connectivity index (χ3v) is 2.57. The summed E-state index contributed by atoms with van der Waals surface area (Å²) in [5.74, 6) is -0.441. The van der Waals surface area contributed by atoms with Crippen LogP contribution in [0.25, 0.3) is 0 Å². The van der Waals surface area contributed by atoms with Crippen LogP contribution in [0, 0.1) is 0 Å². The molecule has 0 aliphatic heterocycles. The number of hydroxylamine groups is 1. The molecule has 0 spiro atoms. The van der Waals surface area contributed by atoms with Crippen LogP contribution in [-0.4, -0.2) is 22.2 Å². The van der Waals surface area contributed by atoms with E-state index in [4.69, 9.17) is 9.94 Å². The number of carbonyl (C=O) groups is 2. The zero-order valence-corrected chi connectivity index (χ0v) is 10.9. The van der Waals surface area contributed by atoms with E-state index < -0.39 is 12.0 Å². The minimum absolute atomic E-state index is 0.150. The van der Waals surface area contributed by atoms with Gasteiger partial charge in [-0.2, -0.15) is 0 Å². The van der Waals surface area contributed by atoms with E-state index >= 15 is 0 Å². The first-order valence-electron chi connectivity index (χ1n) is 6.07. The number of aromatic nitrogens is 1. The Bertz CT molecular complexity index is 614. The van der Waals surface area contributed by atoms with Crippen LogP contribution >= 0.6 is 0 Å². The lowest BCUT2D eigenvalue weighted by atomic mass is 10.2. The number of benzene rings is 1. The van der Waals surface area contributed by atoms with Crippen molar-refractivity contribution in [2.24, 2.45) is 0 Å². The summed E-state index contributed by atoms with van der Waals surface area (Å²) in [5.41, 5.74) is 2.53. The molecular weight excluding hydrogens is 274 g/mol. The van der Waals surface area contributed by atoms with Gasteiger partial charge in [0.1, 0.15) is 12.4 Å². The van der Waals surface area contributed by atoms with E-state index in [0.29, 0.717) is 0 Å². The van der Waals surface area contributed by atoms with E-state index in [9.17, 15) is 9.59 Å². The lowest BCUT2D eigenvalue weighted by molar-refractivity contribution is 0.0706. The van der Waals surface area contributed by atoms with E-state index in [-0.39, 0.29) is 18.0 Å². The average Bonchev–Trinajstić information content (AvgIpc) is 2.54. The predicted octanol–water partition coefficient (Wildman–Crippen LogP) is 1.95. The minimum atomic E-state index is -0.680. The van der Waals surface area contributed by atoms with Crippen molar-refractivity contribution in [1.82, 2.24) is 10.5 Å². The zero-order chi connectivity index (χ0) is 15.1. The third kappa shape index (κ3) is 4.29. The molecule has 0 aliphatic carbocycles. The molecule has 2 aromatic rings. The Labute approximate surface area is 120 Å². The Morgan fingerprint density at radius 1 is 1.14 bits per heavy atom. The summed E-state index contributed by atoms with van der Waals surface area (Å²) < 4.78 is 5.02. The van der Waals surface area contributed by atoms with Crippen molar-refractivity contribution >= 4 is 17.8 Å². The van der Waals surface area contributed by atoms with Crippen LogP contribution < -0.4 is 10.8 Å². The summed E-state index contributed by atoms with van der Waals surface area (Å²) in [7, 11) is 0. The fourth-order valence-electron chi connectivity index (χ4n) is 1.53. The number of pyridine rings is 1. The number of amides is 2. The predicted molar refractivity (Wildman–Crippen MR) is 73.7 cm³/mol. The Morgan fingerprint density at radius 2 is 1.90 bits per heavy atom. The largest absolute Gasteiger partial charge is 0.444 e. The lowest BCUT2D eigenvalue weighted by Gasteiger charge is -2.06. The maximum absolute atomic E-state index is 11.6. The molecule has 0 fully saturated rings. The first-order chi connectivity index (χ1) is 10.2. The summed E-state index contributed by atoms with van der Waals surface area (Å²) in [4.78, 5) is 26.5. The van der Waals surface area contributed by atoms with Gasteiger partial charge in [-0.1, -0.05) is 30.3 Å². The molecule has 0 radical (unpaired) electrons. The average molecular weight is 287 g/mol. The normalized spacial score (nSPS) is 9.76. The number of rotatable bonds is 4. The van der Waals surface area contributed by atoms with Crippen LogP contribution in [0.2, 0.25) is 0 Å². The molecule has 21 heavy (non-hydrogen) atoms. The van der Waals surface area contributed by atoms with Gasteiger partial charge in [0.05, 0.1) is 5.56 Å². The van der Waals surface area contributed by atoms with Crippen LogP contribution in [0.1, 0.15) is 15.9 Å². The molecule has 7 heteroatoms. The Morgan fingerprint density at radius 3 is 2.52 bits per heavy atom. The van der Waals surface area contributed by atoms with E-state index in [2.05, 4.69) is 10.3 Å². The molecule has 1 aromatic heterocycles. The monoisotopic (exact) mass is 287 g/mol. The quantitative estimate of drug-likeness (QED) is 0.589. The molecule has 3 N–H and O–H groups in total. The fourth-order valence-corrected chi connectivity index (χ4v) is 1.53. The highest BCUT2D eigenvalue weighted by Gasteiger charge is 2.07. The highest BCUT2D eigenvalue weighted by Crippen LogP contribution is 2.07. The van der Waals surface area contributed by atoms with Crippen molar-refractivity contribution in [3.63, 3.8) is 0 Å². The van der Waals surface area contributed by atoms with Gasteiger partial charge in [-0.25, -0.2) is 15.3 Å². The first-order valence-corrected chi connectivity index (χ1v) is 6.07. The van der Waals surface area contributed by atoms with Gasteiger partial charge in [0, 0.05) is 6.20 Å². The highest BCUT2D eigenvalue weighted by molar-refractivity contribution is 5.93. The summed E-state index contributed by atoms with van der Waals surface area (Å²) in [6.45, 7) is 0.150. The SMILES string of the molecule is O=C(Nc1ccc(C(=O)NO)cn1)OCc1ccccc1. The van der Waals surface area contributed by atoms with Gasteiger partial charge in [0.15, 0.2) is 0 Å². The number of nitrogens with one attached hydrogen (secondary N) is 2. The smallest absolute Gasteiger partial charge is 0.413 e. The molecule has 0 unspecified atom stereocenters. The van der Waals surface area contributed by atoms with Crippen LogP contribution in [0.4, 0.5) is 10.6 Å². The molecule has 0 aliphatic rings. The van der Waals surface area contributed by atoms with Crippen molar-refractivity contribution in [1.29, 1.82) is 0 Å². The van der Waals surface area contributed by atoms with Crippen molar-refractivity contribution in [2.45, 2.75) is 6.61 Å². The van der Waals surface area contributed by atoms with Gasteiger partial charge in [-0.05, 0) is 17.7 Å². The molecule has 7 nitrogen and oxygen atoms in total. The molecule has 1 aromatic carbocycles. The van der Waals surface area contributed by atoms with Gasteiger partial charge >= 0.3 is 6.09 Å². The zero-order valence-electron chi connectivity index (χ0n) is 10.9. The van der Waals surface area contributed by atoms with E-state index in [0.717, 1.165) is 5.56 Å². The summed E-state index contributed by atoms with van der Waals surface area (Å²) in [6.07, 6.45) is 0.573. The Hall–Kier alpha value is -2.93. The molecule has 0 atom stereocenters. The second-order valence-electron chi connectivity index (χ2n) is 4.06. The fraction of sp³-hybridized carbons (Fsp3) is 0.0714. The molecule has 1 heterocycles. The molecular formula is C14H13N3O4. The number of nitrogens with zero attached hydrogens (tertiary/aromatic N) is 1. The second-order valence-corrected chi connectivity index (χ2v) is 4.06. The molecule has 2 rings (SSSR count). The first kappa shape index (κ1) is 14.5. The van der Waals surface area contributed by atoms with Gasteiger partial charge in [0.2, 0.25) is 0 Å². The van der Waals surface area contributed by atoms with Crippen LogP contribution in [0.15, 0.2) is 48.7 Å². The summed E-state index contributed by atoms with van der Waals surface area (Å²) in [5, 5.41) is 10.9. The third-order valence-electron chi connectivity index (χ3n) is 2.57. The summed E-state index contributed by atoms with van der Waals surface area (Å²) >= 11 is 0. The number of ether oxygens (including phenoxy) is 1. The Kier molecular flexibility index (Phi) is 4.84. The highest BCUT2D eigenvalue weighted by atomic mass is 16.5. The molecule has 2 amide bonds. The van der Waals surface area contributed by atoms with Crippen LogP contribution in [0.5, 0.6) is 0 Å². The van der Waals surface area contributed by atoms with Crippen molar-refractivity contribution in [3.8, 4) is 0 Å². The number of hydrogen-bond acceptors (Lipinski definition) is 5.